The van der Waals surface area contributed by atoms with E-state index in [1.807, 2.05) is 68.5 Å². The Morgan fingerprint density at radius 2 is 1.91 bits per heavy atom. The summed E-state index contributed by atoms with van der Waals surface area (Å²) in [6.45, 7) is 3.69. The number of nitrogens with zero attached hydrogens (tertiary/aromatic N) is 2. The molecule has 0 unspecified atom stereocenters. The number of nitrogens with one attached hydrogen (secondary N) is 1. The van der Waals surface area contributed by atoms with Crippen molar-refractivity contribution < 1.29 is 4.79 Å². The number of amides is 1. The lowest BCUT2D eigenvalue weighted by atomic mass is 10.2. The number of carbonyl (C=O) groups excluding carboxylic acids is 1. The molecule has 0 aliphatic heterocycles. The highest BCUT2D eigenvalue weighted by Crippen LogP contribution is 2.01. The lowest BCUT2D eigenvalue weighted by Gasteiger charge is -2.00. The zero-order valence-electron chi connectivity index (χ0n) is 13.2. The number of aromatic nitrogens is 1. The first-order valence-corrected chi connectivity index (χ1v) is 7.32. The highest BCUT2D eigenvalue weighted by atomic mass is 16.2. The summed E-state index contributed by atoms with van der Waals surface area (Å²) < 4.78 is 0. The number of hydrogen-bond donors (Lipinski definition) is 1. The molecule has 0 radical (unpaired) electrons. The number of allylic oxidation sites excluding steroid dienone is 3. The molecule has 1 heterocycles. The Bertz CT molecular complexity index is 729. The quantitative estimate of drug-likeness (QED) is 0.519. The molecule has 116 valence electrons. The van der Waals surface area contributed by atoms with E-state index in [1.54, 1.807) is 12.1 Å². The Morgan fingerprint density at radius 1 is 1.13 bits per heavy atom. The zero-order chi connectivity index (χ0) is 16.5. The minimum atomic E-state index is -0.273. The van der Waals surface area contributed by atoms with Crippen molar-refractivity contribution in [3.63, 3.8) is 0 Å². The summed E-state index contributed by atoms with van der Waals surface area (Å²) in [6.07, 6.45) is 9.17. The maximum atomic E-state index is 11.9. The Balaban J connectivity index is 1.87. The van der Waals surface area contributed by atoms with Crippen LogP contribution in [0.1, 0.15) is 28.5 Å². The van der Waals surface area contributed by atoms with Gasteiger partial charge in [0, 0.05) is 11.9 Å². The Hall–Kier alpha value is -3.01. The summed E-state index contributed by atoms with van der Waals surface area (Å²) in [5, 5.41) is 4.04. The molecule has 0 aliphatic rings. The Kier molecular flexibility index (Phi) is 6.00. The predicted molar refractivity (Wildman–Crippen MR) is 94.2 cm³/mol. The van der Waals surface area contributed by atoms with E-state index in [0.717, 1.165) is 11.3 Å². The SMILES string of the molecule is CC(/C=C/C=C/c1ccccc1)=NNC(=O)c1ccc(C)nc1. The van der Waals surface area contributed by atoms with Crippen LogP contribution in [0.3, 0.4) is 0 Å². The molecule has 2 aromatic rings. The molecule has 23 heavy (non-hydrogen) atoms. The van der Waals surface area contributed by atoms with Crippen LogP contribution in [-0.2, 0) is 0 Å². The van der Waals surface area contributed by atoms with Crippen LogP contribution < -0.4 is 5.43 Å². The summed E-state index contributed by atoms with van der Waals surface area (Å²) in [6, 6.07) is 13.5. The first kappa shape index (κ1) is 16.4. The average Bonchev–Trinajstić information content (AvgIpc) is 2.58. The number of benzene rings is 1. The maximum absolute atomic E-state index is 11.9. The fraction of sp³-hybridized carbons (Fsp3) is 0.105. The van der Waals surface area contributed by atoms with Crippen LogP contribution >= 0.6 is 0 Å². The van der Waals surface area contributed by atoms with Crippen molar-refractivity contribution in [2.24, 2.45) is 5.10 Å². The number of rotatable bonds is 5. The molecule has 0 fully saturated rings. The van der Waals surface area contributed by atoms with E-state index in [1.165, 1.54) is 6.20 Å². The van der Waals surface area contributed by atoms with Crippen LogP contribution in [0.2, 0.25) is 0 Å². The minimum absolute atomic E-state index is 0.273. The topological polar surface area (TPSA) is 54.4 Å². The van der Waals surface area contributed by atoms with Crippen LogP contribution in [0.5, 0.6) is 0 Å². The molecule has 0 atom stereocenters. The monoisotopic (exact) mass is 305 g/mol. The lowest BCUT2D eigenvalue weighted by molar-refractivity contribution is 0.0954. The molecular formula is C19H19N3O. The molecule has 1 aromatic heterocycles. The second-order valence-electron chi connectivity index (χ2n) is 5.01. The number of pyridine rings is 1. The molecular weight excluding hydrogens is 286 g/mol. The largest absolute Gasteiger partial charge is 0.272 e. The predicted octanol–water partition coefficient (Wildman–Crippen LogP) is 3.77. The first-order chi connectivity index (χ1) is 11.1. The molecule has 0 spiro atoms. The fourth-order valence-electron chi connectivity index (χ4n) is 1.77. The van der Waals surface area contributed by atoms with Crippen LogP contribution in [0.4, 0.5) is 0 Å². The number of aryl methyl sites for hydroxylation is 1. The van der Waals surface area contributed by atoms with E-state index in [0.29, 0.717) is 11.3 Å². The molecule has 1 N–H and O–H groups in total. The molecule has 1 aromatic carbocycles. The summed E-state index contributed by atoms with van der Waals surface area (Å²) in [5.74, 6) is -0.273. The van der Waals surface area contributed by atoms with Gasteiger partial charge < -0.3 is 0 Å². The van der Waals surface area contributed by atoms with Crippen molar-refractivity contribution in [2.75, 3.05) is 0 Å². The van der Waals surface area contributed by atoms with Gasteiger partial charge in [-0.25, -0.2) is 5.43 Å². The summed E-state index contributed by atoms with van der Waals surface area (Å²) in [4.78, 5) is 16.0. The third-order valence-electron chi connectivity index (χ3n) is 3.04. The van der Waals surface area contributed by atoms with E-state index >= 15 is 0 Å². The van der Waals surface area contributed by atoms with Gasteiger partial charge in [-0.15, -0.1) is 0 Å². The lowest BCUT2D eigenvalue weighted by Crippen LogP contribution is -2.18. The van der Waals surface area contributed by atoms with Crippen LogP contribution in [-0.4, -0.2) is 16.6 Å². The average molecular weight is 305 g/mol. The third-order valence-corrected chi connectivity index (χ3v) is 3.04. The maximum Gasteiger partial charge on any atom is 0.272 e. The van der Waals surface area contributed by atoms with Gasteiger partial charge in [0.15, 0.2) is 0 Å². The summed E-state index contributed by atoms with van der Waals surface area (Å²) in [5.41, 5.74) is 5.70. The van der Waals surface area contributed by atoms with Gasteiger partial charge in [-0.1, -0.05) is 48.6 Å². The molecule has 0 aliphatic carbocycles. The van der Waals surface area contributed by atoms with Gasteiger partial charge in [0.1, 0.15) is 0 Å². The second-order valence-corrected chi connectivity index (χ2v) is 5.01. The highest BCUT2D eigenvalue weighted by molar-refractivity contribution is 5.97. The molecule has 0 bridgehead atoms. The van der Waals surface area contributed by atoms with E-state index in [4.69, 9.17) is 0 Å². The highest BCUT2D eigenvalue weighted by Gasteiger charge is 2.03. The molecule has 2 rings (SSSR count). The van der Waals surface area contributed by atoms with Crippen molar-refractivity contribution in [2.45, 2.75) is 13.8 Å². The van der Waals surface area contributed by atoms with Crippen molar-refractivity contribution in [1.29, 1.82) is 0 Å². The van der Waals surface area contributed by atoms with Crippen LogP contribution in [0.25, 0.3) is 6.08 Å². The Morgan fingerprint density at radius 3 is 2.61 bits per heavy atom. The third kappa shape index (κ3) is 5.71. The van der Waals surface area contributed by atoms with Gasteiger partial charge in [0.25, 0.3) is 5.91 Å². The Labute approximate surface area is 136 Å². The normalized spacial score (nSPS) is 12.0. The fourth-order valence-corrected chi connectivity index (χ4v) is 1.77. The van der Waals surface area contributed by atoms with Gasteiger partial charge in [-0.05, 0) is 37.6 Å². The van der Waals surface area contributed by atoms with E-state index < -0.39 is 0 Å². The molecule has 0 saturated carbocycles. The number of hydrogen-bond acceptors (Lipinski definition) is 3. The van der Waals surface area contributed by atoms with Crippen molar-refractivity contribution >= 4 is 17.7 Å². The zero-order valence-corrected chi connectivity index (χ0v) is 13.2. The summed E-state index contributed by atoms with van der Waals surface area (Å²) >= 11 is 0. The van der Waals surface area contributed by atoms with Crippen molar-refractivity contribution in [1.82, 2.24) is 10.4 Å². The second kappa shape index (κ2) is 8.44. The van der Waals surface area contributed by atoms with Crippen LogP contribution in [0, 0.1) is 6.92 Å². The first-order valence-electron chi connectivity index (χ1n) is 7.32. The van der Waals surface area contributed by atoms with E-state index in [2.05, 4.69) is 15.5 Å². The molecule has 4 nitrogen and oxygen atoms in total. The minimum Gasteiger partial charge on any atom is -0.267 e. The van der Waals surface area contributed by atoms with Crippen molar-refractivity contribution in [3.8, 4) is 0 Å². The smallest absolute Gasteiger partial charge is 0.267 e. The van der Waals surface area contributed by atoms with E-state index in [9.17, 15) is 4.79 Å². The van der Waals surface area contributed by atoms with Gasteiger partial charge >= 0.3 is 0 Å². The molecule has 0 saturated heterocycles. The molecule has 1 amide bonds. The number of carbonyl (C=O) groups is 1. The van der Waals surface area contributed by atoms with Gasteiger partial charge in [0.05, 0.1) is 11.3 Å². The van der Waals surface area contributed by atoms with Gasteiger partial charge in [-0.2, -0.15) is 5.10 Å². The van der Waals surface area contributed by atoms with E-state index in [-0.39, 0.29) is 5.91 Å². The molecule has 4 heteroatoms. The van der Waals surface area contributed by atoms with Gasteiger partial charge in [-0.3, -0.25) is 9.78 Å². The standard InChI is InChI=1S/C19H19N3O/c1-15-12-13-18(14-20-15)19(23)22-21-16(2)8-6-7-11-17-9-4-3-5-10-17/h3-14H,1-2H3,(H,22,23)/b8-6+,11-7+,21-16?. The summed E-state index contributed by atoms with van der Waals surface area (Å²) in [7, 11) is 0. The number of hydrazone groups is 1. The van der Waals surface area contributed by atoms with Gasteiger partial charge in [0.2, 0.25) is 0 Å². The van der Waals surface area contributed by atoms with Crippen molar-refractivity contribution in [3.05, 3.63) is 83.7 Å². The van der Waals surface area contributed by atoms with Crippen LogP contribution in [0.15, 0.2) is 72.0 Å².